The SMILES string of the molecule is COC(c1cccc(COC(=O)N2CC3=CN(C(=O)c4ccc5n[nH]nc5c4)CC3C2)c1)C(F)(F)F. The van der Waals surface area contributed by atoms with Crippen molar-refractivity contribution in [1.29, 1.82) is 0 Å². The Kier molecular flexibility index (Phi) is 6.12. The van der Waals surface area contributed by atoms with Crippen LogP contribution in [0.5, 0.6) is 0 Å². The molecule has 2 unspecified atom stereocenters. The van der Waals surface area contributed by atoms with Crippen molar-refractivity contribution in [2.45, 2.75) is 18.9 Å². The number of ether oxygens (including phenoxy) is 2. The van der Waals surface area contributed by atoms with Crippen LogP contribution in [0.25, 0.3) is 11.0 Å². The van der Waals surface area contributed by atoms with Crippen molar-refractivity contribution in [3.05, 3.63) is 70.9 Å². The summed E-state index contributed by atoms with van der Waals surface area (Å²) in [7, 11) is 0.994. The smallest absolute Gasteiger partial charge is 0.418 e. The van der Waals surface area contributed by atoms with E-state index in [1.807, 2.05) is 0 Å². The molecule has 3 aromatic rings. The van der Waals surface area contributed by atoms with Gasteiger partial charge in [0.15, 0.2) is 6.10 Å². The number of methoxy groups -OCH3 is 1. The Morgan fingerprint density at radius 1 is 1.14 bits per heavy atom. The topological polar surface area (TPSA) is 101 Å². The van der Waals surface area contributed by atoms with Crippen LogP contribution in [0.1, 0.15) is 27.6 Å². The van der Waals surface area contributed by atoms with Gasteiger partial charge in [0.05, 0.1) is 0 Å². The molecule has 0 radical (unpaired) electrons. The van der Waals surface area contributed by atoms with E-state index in [4.69, 9.17) is 4.74 Å². The van der Waals surface area contributed by atoms with Crippen LogP contribution in [-0.4, -0.2) is 70.1 Å². The first kappa shape index (κ1) is 23.8. The predicted molar refractivity (Wildman–Crippen MR) is 121 cm³/mol. The van der Waals surface area contributed by atoms with E-state index in [1.54, 1.807) is 35.4 Å². The lowest BCUT2D eigenvalue weighted by Gasteiger charge is -2.21. The lowest BCUT2D eigenvalue weighted by atomic mass is 10.1. The van der Waals surface area contributed by atoms with Crippen LogP contribution in [0.15, 0.2) is 54.2 Å². The van der Waals surface area contributed by atoms with Gasteiger partial charge in [-0.1, -0.05) is 18.2 Å². The summed E-state index contributed by atoms with van der Waals surface area (Å²) in [5.74, 6) is -0.168. The summed E-state index contributed by atoms with van der Waals surface area (Å²) in [4.78, 5) is 28.7. The highest BCUT2D eigenvalue weighted by Crippen LogP contribution is 2.36. The second-order valence-electron chi connectivity index (χ2n) is 8.72. The second kappa shape index (κ2) is 9.26. The normalized spacial score (nSPS) is 18.3. The molecule has 1 N–H and O–H groups in total. The van der Waals surface area contributed by atoms with E-state index in [9.17, 15) is 22.8 Å². The Hall–Kier alpha value is -3.93. The van der Waals surface area contributed by atoms with E-state index in [0.717, 1.165) is 12.7 Å². The van der Waals surface area contributed by atoms with Gasteiger partial charge in [-0.15, -0.1) is 0 Å². The van der Waals surface area contributed by atoms with Gasteiger partial charge in [0.25, 0.3) is 5.91 Å². The molecular weight excluding hydrogens is 479 g/mol. The van der Waals surface area contributed by atoms with Crippen molar-refractivity contribution in [3.63, 3.8) is 0 Å². The van der Waals surface area contributed by atoms with E-state index in [2.05, 4.69) is 20.1 Å². The summed E-state index contributed by atoms with van der Waals surface area (Å²) in [5.41, 5.74) is 3.07. The third-order valence-electron chi connectivity index (χ3n) is 6.31. The number of aromatic amines is 1. The Morgan fingerprint density at radius 3 is 2.69 bits per heavy atom. The first-order chi connectivity index (χ1) is 17.2. The molecule has 2 aliphatic rings. The van der Waals surface area contributed by atoms with Crippen molar-refractivity contribution in [1.82, 2.24) is 25.2 Å². The molecule has 1 saturated heterocycles. The number of fused-ring (bicyclic) bond motifs is 2. The molecule has 0 bridgehead atoms. The van der Waals surface area contributed by atoms with Crippen LogP contribution >= 0.6 is 0 Å². The molecule has 0 aliphatic carbocycles. The number of rotatable bonds is 5. The average molecular weight is 501 g/mol. The van der Waals surface area contributed by atoms with Gasteiger partial charge in [-0.05, 0) is 41.0 Å². The highest BCUT2D eigenvalue weighted by molar-refractivity contribution is 5.98. The molecule has 5 rings (SSSR count). The van der Waals surface area contributed by atoms with Crippen molar-refractivity contribution in [2.75, 3.05) is 26.7 Å². The van der Waals surface area contributed by atoms with E-state index >= 15 is 0 Å². The van der Waals surface area contributed by atoms with Crippen molar-refractivity contribution in [3.8, 4) is 0 Å². The first-order valence-corrected chi connectivity index (χ1v) is 11.1. The van der Waals surface area contributed by atoms with Gasteiger partial charge >= 0.3 is 12.3 Å². The summed E-state index contributed by atoms with van der Waals surface area (Å²) >= 11 is 0. The Balaban J connectivity index is 1.18. The maximum atomic E-state index is 13.1. The number of alkyl halides is 3. The number of H-pyrrole nitrogens is 1. The predicted octanol–water partition coefficient (Wildman–Crippen LogP) is 3.82. The lowest BCUT2D eigenvalue weighted by Crippen LogP contribution is -2.33. The fourth-order valence-corrected chi connectivity index (χ4v) is 4.57. The summed E-state index contributed by atoms with van der Waals surface area (Å²) in [5, 5.41) is 10.5. The summed E-state index contributed by atoms with van der Waals surface area (Å²) < 4.78 is 49.4. The van der Waals surface area contributed by atoms with Gasteiger partial charge in [-0.3, -0.25) is 4.79 Å². The number of nitrogens with one attached hydrogen (secondary N) is 1. The number of likely N-dealkylation sites (tertiary alicyclic amines) is 1. The Labute approximate surface area is 203 Å². The highest BCUT2D eigenvalue weighted by Gasteiger charge is 2.41. The number of nitrogens with zero attached hydrogens (tertiary/aromatic N) is 4. The molecule has 2 aromatic carbocycles. The molecule has 1 aromatic heterocycles. The zero-order valence-electron chi connectivity index (χ0n) is 19.2. The first-order valence-electron chi connectivity index (χ1n) is 11.1. The largest absolute Gasteiger partial charge is 0.445 e. The fraction of sp³-hybridized carbons (Fsp3) is 0.333. The summed E-state index contributed by atoms with van der Waals surface area (Å²) in [6.45, 7) is 0.967. The molecule has 36 heavy (non-hydrogen) atoms. The van der Waals surface area contributed by atoms with Crippen LogP contribution in [-0.2, 0) is 16.1 Å². The molecule has 188 valence electrons. The van der Waals surface area contributed by atoms with Crippen LogP contribution in [0.3, 0.4) is 0 Å². The number of hydrogen-bond acceptors (Lipinski definition) is 6. The zero-order chi connectivity index (χ0) is 25.4. The third kappa shape index (κ3) is 4.63. The number of carbonyl (C=O) groups is 2. The van der Waals surface area contributed by atoms with Gasteiger partial charge in [0, 0.05) is 44.4 Å². The Bertz CT molecular complexity index is 1340. The second-order valence-corrected chi connectivity index (χ2v) is 8.72. The average Bonchev–Trinajstić information content (AvgIpc) is 3.56. The monoisotopic (exact) mass is 501 g/mol. The molecule has 9 nitrogen and oxygen atoms in total. The number of benzene rings is 2. The minimum atomic E-state index is -4.55. The van der Waals surface area contributed by atoms with E-state index in [1.165, 1.54) is 23.1 Å². The van der Waals surface area contributed by atoms with Crippen molar-refractivity contribution >= 4 is 23.0 Å². The van der Waals surface area contributed by atoms with Crippen LogP contribution in [0.4, 0.5) is 18.0 Å². The van der Waals surface area contributed by atoms with E-state index in [-0.39, 0.29) is 24.0 Å². The molecule has 0 saturated carbocycles. The van der Waals surface area contributed by atoms with Gasteiger partial charge < -0.3 is 19.3 Å². The molecule has 1 fully saturated rings. The lowest BCUT2D eigenvalue weighted by molar-refractivity contribution is -0.216. The van der Waals surface area contributed by atoms with Gasteiger partial charge in [-0.2, -0.15) is 28.6 Å². The number of hydrogen-bond donors (Lipinski definition) is 1. The maximum Gasteiger partial charge on any atom is 0.418 e. The van der Waals surface area contributed by atoms with Crippen molar-refractivity contribution in [2.24, 2.45) is 5.92 Å². The molecule has 3 heterocycles. The molecule has 0 spiro atoms. The standard InChI is InChI=1S/C24H22F3N5O4/c1-35-21(24(25,26)27)15-4-2-3-14(7-15)13-36-23(34)32-11-17-9-31(10-18(17)12-32)22(33)16-5-6-19-20(8-16)29-30-28-19/h2-9,18,21H,10-13H2,1H3,(H,28,29,30). The van der Waals surface area contributed by atoms with Crippen molar-refractivity contribution < 1.29 is 32.2 Å². The molecule has 2 atom stereocenters. The van der Waals surface area contributed by atoms with Gasteiger partial charge in [-0.25, -0.2) is 4.79 Å². The highest BCUT2D eigenvalue weighted by atomic mass is 19.4. The Morgan fingerprint density at radius 2 is 1.94 bits per heavy atom. The van der Waals surface area contributed by atoms with Gasteiger partial charge in [0.1, 0.15) is 17.6 Å². The zero-order valence-corrected chi connectivity index (χ0v) is 19.2. The van der Waals surface area contributed by atoms with Crippen LogP contribution in [0.2, 0.25) is 0 Å². The minimum absolute atomic E-state index is 0.00476. The molecule has 2 amide bonds. The minimum Gasteiger partial charge on any atom is -0.445 e. The maximum absolute atomic E-state index is 13.1. The number of amides is 2. The van der Waals surface area contributed by atoms with Crippen LogP contribution < -0.4 is 0 Å². The quantitative estimate of drug-likeness (QED) is 0.571. The third-order valence-corrected chi connectivity index (χ3v) is 6.31. The molecule has 2 aliphatic heterocycles. The van der Waals surface area contributed by atoms with Gasteiger partial charge in [0.2, 0.25) is 0 Å². The molecule has 12 heteroatoms. The van der Waals surface area contributed by atoms with Crippen LogP contribution in [0, 0.1) is 5.92 Å². The summed E-state index contributed by atoms with van der Waals surface area (Å²) in [6.07, 6.45) is -5.41. The van der Waals surface area contributed by atoms with E-state index < -0.39 is 18.4 Å². The fourth-order valence-electron chi connectivity index (χ4n) is 4.57. The number of aromatic nitrogens is 3. The molecular formula is C24H22F3N5O4. The summed E-state index contributed by atoms with van der Waals surface area (Å²) in [6, 6.07) is 10.8. The number of carbonyl (C=O) groups excluding carboxylic acids is 2. The number of halogens is 3. The van der Waals surface area contributed by atoms with E-state index in [0.29, 0.717) is 41.8 Å².